The van der Waals surface area contributed by atoms with E-state index in [2.05, 4.69) is 70.1 Å². The summed E-state index contributed by atoms with van der Waals surface area (Å²) in [6.07, 6.45) is 1.80. The largest absolute Gasteiger partial charge is 0.357 e. The van der Waals surface area contributed by atoms with E-state index >= 15 is 0 Å². The average molecular weight is 321 g/mol. The van der Waals surface area contributed by atoms with E-state index in [0.29, 0.717) is 13.1 Å². The molecule has 0 radical (unpaired) electrons. The molecule has 0 amide bonds. The van der Waals surface area contributed by atoms with Crippen molar-refractivity contribution in [3.63, 3.8) is 0 Å². The third-order valence-electron chi connectivity index (χ3n) is 3.94. The van der Waals surface area contributed by atoms with Gasteiger partial charge < -0.3 is 10.6 Å². The molecule has 0 saturated heterocycles. The average Bonchev–Trinajstić information content (AvgIpc) is 3.02. The van der Waals surface area contributed by atoms with Crippen molar-refractivity contribution >= 4 is 16.7 Å². The van der Waals surface area contributed by atoms with Crippen molar-refractivity contribution in [2.24, 2.45) is 12.0 Å². The highest BCUT2D eigenvalue weighted by Gasteiger charge is 2.02. The Morgan fingerprint density at radius 1 is 1.08 bits per heavy atom. The third kappa shape index (κ3) is 3.93. The van der Waals surface area contributed by atoms with Gasteiger partial charge in [-0.15, -0.1) is 0 Å². The fourth-order valence-corrected chi connectivity index (χ4v) is 2.60. The molecule has 0 saturated carbocycles. The molecule has 3 aromatic rings. The van der Waals surface area contributed by atoms with Gasteiger partial charge in [0.05, 0.1) is 18.8 Å². The van der Waals surface area contributed by atoms with Gasteiger partial charge in [-0.2, -0.15) is 5.10 Å². The molecule has 0 aliphatic rings. The second-order valence-corrected chi connectivity index (χ2v) is 5.68. The SMILES string of the molecule is CCNC(=NCc1ccc2ccccc2c1)NCc1ccnn1C. The number of benzene rings is 2. The Hall–Kier alpha value is -2.82. The zero-order valence-electron chi connectivity index (χ0n) is 14.2. The van der Waals surface area contributed by atoms with Crippen LogP contribution in [0.4, 0.5) is 0 Å². The quantitative estimate of drug-likeness (QED) is 0.561. The van der Waals surface area contributed by atoms with Gasteiger partial charge in [-0.25, -0.2) is 4.99 Å². The van der Waals surface area contributed by atoms with Crippen molar-refractivity contribution in [1.29, 1.82) is 0 Å². The maximum atomic E-state index is 4.68. The number of hydrogen-bond donors (Lipinski definition) is 2. The lowest BCUT2D eigenvalue weighted by atomic mass is 10.1. The second-order valence-electron chi connectivity index (χ2n) is 5.68. The lowest BCUT2D eigenvalue weighted by Crippen LogP contribution is -2.37. The van der Waals surface area contributed by atoms with E-state index in [1.54, 1.807) is 6.20 Å². The first kappa shape index (κ1) is 16.1. The van der Waals surface area contributed by atoms with E-state index in [1.165, 1.54) is 16.3 Å². The fraction of sp³-hybridized carbons (Fsp3) is 0.263. The Kier molecular flexibility index (Phi) is 5.11. The van der Waals surface area contributed by atoms with Crippen molar-refractivity contribution < 1.29 is 0 Å². The van der Waals surface area contributed by atoms with Crippen LogP contribution in [0.1, 0.15) is 18.2 Å². The number of hydrogen-bond acceptors (Lipinski definition) is 2. The van der Waals surface area contributed by atoms with E-state index in [4.69, 9.17) is 0 Å². The van der Waals surface area contributed by atoms with Crippen molar-refractivity contribution in [2.75, 3.05) is 6.54 Å². The summed E-state index contributed by atoms with van der Waals surface area (Å²) >= 11 is 0. The van der Waals surface area contributed by atoms with Crippen LogP contribution >= 0.6 is 0 Å². The molecule has 0 aliphatic heterocycles. The van der Waals surface area contributed by atoms with Crippen molar-refractivity contribution in [1.82, 2.24) is 20.4 Å². The smallest absolute Gasteiger partial charge is 0.191 e. The zero-order valence-corrected chi connectivity index (χ0v) is 14.2. The molecule has 3 rings (SSSR count). The van der Waals surface area contributed by atoms with Gasteiger partial charge >= 0.3 is 0 Å². The van der Waals surface area contributed by atoms with E-state index in [-0.39, 0.29) is 0 Å². The van der Waals surface area contributed by atoms with E-state index in [0.717, 1.165) is 18.2 Å². The Labute approximate surface area is 142 Å². The van der Waals surface area contributed by atoms with Crippen LogP contribution in [0.2, 0.25) is 0 Å². The Balaban J connectivity index is 1.68. The molecule has 24 heavy (non-hydrogen) atoms. The summed E-state index contributed by atoms with van der Waals surface area (Å²) in [5.74, 6) is 0.812. The molecular formula is C19H23N5. The zero-order chi connectivity index (χ0) is 16.8. The highest BCUT2D eigenvalue weighted by atomic mass is 15.3. The first-order valence-electron chi connectivity index (χ1n) is 8.23. The highest BCUT2D eigenvalue weighted by molar-refractivity contribution is 5.83. The van der Waals surface area contributed by atoms with Crippen molar-refractivity contribution in [2.45, 2.75) is 20.0 Å². The van der Waals surface area contributed by atoms with Gasteiger partial charge in [0.15, 0.2) is 5.96 Å². The molecule has 1 heterocycles. The first-order valence-corrected chi connectivity index (χ1v) is 8.23. The monoisotopic (exact) mass is 321 g/mol. The minimum atomic E-state index is 0.644. The number of aliphatic imine (C=N–C) groups is 1. The molecule has 5 heteroatoms. The topological polar surface area (TPSA) is 54.2 Å². The molecule has 0 spiro atoms. The second kappa shape index (κ2) is 7.64. The molecule has 2 aromatic carbocycles. The molecular weight excluding hydrogens is 298 g/mol. The predicted molar refractivity (Wildman–Crippen MR) is 98.8 cm³/mol. The lowest BCUT2D eigenvalue weighted by molar-refractivity contribution is 0.685. The highest BCUT2D eigenvalue weighted by Crippen LogP contribution is 2.16. The van der Waals surface area contributed by atoms with Gasteiger partial charge in [0, 0.05) is 19.8 Å². The normalized spacial score (nSPS) is 11.7. The number of fused-ring (bicyclic) bond motifs is 1. The van der Waals surface area contributed by atoms with Gasteiger partial charge in [-0.3, -0.25) is 4.68 Å². The predicted octanol–water partition coefficient (Wildman–Crippen LogP) is 2.83. The van der Waals surface area contributed by atoms with E-state index in [9.17, 15) is 0 Å². The molecule has 1 aromatic heterocycles. The summed E-state index contributed by atoms with van der Waals surface area (Å²) in [5, 5.41) is 13.3. The number of aromatic nitrogens is 2. The van der Waals surface area contributed by atoms with Gasteiger partial charge in [0.1, 0.15) is 0 Å². The Morgan fingerprint density at radius 3 is 2.67 bits per heavy atom. The van der Waals surface area contributed by atoms with Gasteiger partial charge in [0.2, 0.25) is 0 Å². The first-order chi connectivity index (χ1) is 11.8. The number of guanidine groups is 1. The van der Waals surface area contributed by atoms with Crippen molar-refractivity contribution in [3.8, 4) is 0 Å². The maximum absolute atomic E-state index is 4.68. The number of rotatable bonds is 5. The van der Waals surface area contributed by atoms with Crippen LogP contribution in [-0.2, 0) is 20.1 Å². The van der Waals surface area contributed by atoms with Crippen LogP contribution in [0.3, 0.4) is 0 Å². The van der Waals surface area contributed by atoms with Crippen LogP contribution in [0.15, 0.2) is 59.7 Å². The molecule has 0 unspecified atom stereocenters. The standard InChI is InChI=1S/C19H23N5/c1-3-20-19(22-14-18-10-11-23-24(18)2)21-13-15-8-9-16-6-4-5-7-17(16)12-15/h4-12H,3,13-14H2,1-2H3,(H2,20,21,22). The molecule has 0 bridgehead atoms. The molecule has 124 valence electrons. The molecule has 0 aliphatic carbocycles. The Bertz CT molecular complexity index is 834. The number of aryl methyl sites for hydroxylation is 1. The summed E-state index contributed by atoms with van der Waals surface area (Å²) in [5.41, 5.74) is 2.32. The maximum Gasteiger partial charge on any atom is 0.191 e. The molecule has 0 atom stereocenters. The molecule has 5 nitrogen and oxygen atoms in total. The molecule has 2 N–H and O–H groups in total. The summed E-state index contributed by atoms with van der Waals surface area (Å²) < 4.78 is 1.86. The summed E-state index contributed by atoms with van der Waals surface area (Å²) in [4.78, 5) is 4.68. The minimum Gasteiger partial charge on any atom is -0.357 e. The van der Waals surface area contributed by atoms with Gasteiger partial charge in [0.25, 0.3) is 0 Å². The summed E-state index contributed by atoms with van der Waals surface area (Å²) in [6.45, 7) is 4.23. The van der Waals surface area contributed by atoms with Crippen LogP contribution in [0.25, 0.3) is 10.8 Å². The summed E-state index contributed by atoms with van der Waals surface area (Å²) in [7, 11) is 1.94. The Morgan fingerprint density at radius 2 is 1.92 bits per heavy atom. The van der Waals surface area contributed by atoms with Crippen LogP contribution in [-0.4, -0.2) is 22.3 Å². The minimum absolute atomic E-state index is 0.644. The summed E-state index contributed by atoms with van der Waals surface area (Å²) in [6, 6.07) is 16.9. The van der Waals surface area contributed by atoms with Crippen LogP contribution < -0.4 is 10.6 Å². The van der Waals surface area contributed by atoms with Gasteiger partial charge in [-0.05, 0) is 35.4 Å². The third-order valence-corrected chi connectivity index (χ3v) is 3.94. The molecule has 0 fully saturated rings. The van der Waals surface area contributed by atoms with E-state index < -0.39 is 0 Å². The number of nitrogens with zero attached hydrogens (tertiary/aromatic N) is 3. The van der Waals surface area contributed by atoms with Crippen molar-refractivity contribution in [3.05, 3.63) is 66.0 Å². The number of nitrogens with one attached hydrogen (secondary N) is 2. The lowest BCUT2D eigenvalue weighted by Gasteiger charge is -2.11. The van der Waals surface area contributed by atoms with Crippen LogP contribution in [0, 0.1) is 0 Å². The van der Waals surface area contributed by atoms with E-state index in [1.807, 2.05) is 17.8 Å². The van der Waals surface area contributed by atoms with Crippen LogP contribution in [0.5, 0.6) is 0 Å². The fourth-order valence-electron chi connectivity index (χ4n) is 2.60. The van der Waals surface area contributed by atoms with Gasteiger partial charge in [-0.1, -0.05) is 36.4 Å².